The third-order valence-corrected chi connectivity index (χ3v) is 5.78. The maximum atomic E-state index is 10.8. The molecule has 34 heavy (non-hydrogen) atoms. The van der Waals surface area contributed by atoms with Gasteiger partial charge in [-0.05, 0) is 68.5 Å². The molecule has 0 atom stereocenters. The van der Waals surface area contributed by atoms with Crippen molar-refractivity contribution in [3.63, 3.8) is 0 Å². The summed E-state index contributed by atoms with van der Waals surface area (Å²) in [5.74, 6) is 0.327. The molecule has 0 saturated heterocycles. The number of nitriles is 1. The number of fused-ring (bicyclic) bond motifs is 1. The molecule has 2 aromatic carbocycles. The van der Waals surface area contributed by atoms with Crippen LogP contribution in [0.15, 0.2) is 34.9 Å². The number of nitrogens with zero attached hydrogens (tertiary/aromatic N) is 4. The van der Waals surface area contributed by atoms with Crippen LogP contribution in [-0.2, 0) is 17.8 Å². The van der Waals surface area contributed by atoms with E-state index in [1.54, 1.807) is 18.2 Å². The Labute approximate surface area is 220 Å². The molecule has 170 valence electrons. The number of benzene rings is 2. The maximum absolute atomic E-state index is 10.8. The Morgan fingerprint density at radius 2 is 2.12 bits per heavy atom. The van der Waals surface area contributed by atoms with Crippen molar-refractivity contribution in [3.8, 4) is 34.7 Å². The number of aromatic nitrogens is 2. The molecule has 3 aromatic rings. The van der Waals surface area contributed by atoms with Gasteiger partial charge in [0.2, 0.25) is 5.82 Å². The Morgan fingerprint density at radius 3 is 2.82 bits per heavy atom. The normalized spacial score (nSPS) is 13.1. The van der Waals surface area contributed by atoms with E-state index in [4.69, 9.17) is 9.26 Å². The SMILES string of the molecule is Cc1c(-c2noc(-c3ccc(OC(C)C)c(C#N)c3)n2)ccc2c1CCN(CCC(=O)[O-])C2.[Na+]. The molecule has 0 N–H and O–H groups in total. The van der Waals surface area contributed by atoms with E-state index in [1.165, 1.54) is 11.1 Å². The number of ether oxygens (including phenoxy) is 1. The second-order valence-corrected chi connectivity index (χ2v) is 8.44. The molecule has 0 radical (unpaired) electrons. The minimum absolute atomic E-state index is 0. The van der Waals surface area contributed by atoms with Crippen molar-refractivity contribution in [2.45, 2.75) is 46.3 Å². The van der Waals surface area contributed by atoms with Crippen LogP contribution in [0.1, 0.15) is 42.5 Å². The summed E-state index contributed by atoms with van der Waals surface area (Å²) in [6.45, 7) is 7.86. The Morgan fingerprint density at radius 1 is 1.32 bits per heavy atom. The average Bonchev–Trinajstić information content (AvgIpc) is 3.27. The van der Waals surface area contributed by atoms with Gasteiger partial charge in [-0.25, -0.2) is 0 Å². The molecule has 0 spiro atoms. The zero-order chi connectivity index (χ0) is 23.5. The molecule has 8 nitrogen and oxygen atoms in total. The molecule has 2 heterocycles. The first kappa shape index (κ1) is 25.9. The van der Waals surface area contributed by atoms with Crippen molar-refractivity contribution in [3.05, 3.63) is 52.6 Å². The van der Waals surface area contributed by atoms with Gasteiger partial charge in [-0.2, -0.15) is 10.2 Å². The van der Waals surface area contributed by atoms with Crippen LogP contribution in [0, 0.1) is 18.3 Å². The van der Waals surface area contributed by atoms with Gasteiger partial charge in [-0.15, -0.1) is 0 Å². The van der Waals surface area contributed by atoms with E-state index in [-0.39, 0.29) is 42.1 Å². The van der Waals surface area contributed by atoms with Gasteiger partial charge in [0.1, 0.15) is 11.8 Å². The second kappa shape index (κ2) is 11.2. The van der Waals surface area contributed by atoms with Gasteiger partial charge in [0.25, 0.3) is 5.89 Å². The van der Waals surface area contributed by atoms with E-state index in [0.29, 0.717) is 41.7 Å². The number of carbonyl (C=O) groups is 1. The average molecular weight is 468 g/mol. The minimum Gasteiger partial charge on any atom is -0.550 e. The predicted molar refractivity (Wildman–Crippen MR) is 119 cm³/mol. The van der Waals surface area contributed by atoms with E-state index in [9.17, 15) is 15.2 Å². The summed E-state index contributed by atoms with van der Waals surface area (Å²) in [7, 11) is 0. The molecular formula is C25H25N4NaO4. The van der Waals surface area contributed by atoms with Gasteiger partial charge in [-0.3, -0.25) is 4.90 Å². The topological polar surface area (TPSA) is 115 Å². The minimum atomic E-state index is -1.02. The predicted octanol–water partition coefficient (Wildman–Crippen LogP) is -0.127. The molecule has 0 fully saturated rings. The number of rotatable bonds is 7. The second-order valence-electron chi connectivity index (χ2n) is 8.44. The van der Waals surface area contributed by atoms with Crippen molar-refractivity contribution in [2.75, 3.05) is 13.1 Å². The van der Waals surface area contributed by atoms with Crippen molar-refractivity contribution in [2.24, 2.45) is 0 Å². The van der Waals surface area contributed by atoms with Crippen LogP contribution in [0.2, 0.25) is 0 Å². The summed E-state index contributed by atoms with van der Waals surface area (Å²) in [6, 6.07) is 11.4. The van der Waals surface area contributed by atoms with Crippen LogP contribution in [0.4, 0.5) is 0 Å². The fourth-order valence-electron chi connectivity index (χ4n) is 4.14. The van der Waals surface area contributed by atoms with Gasteiger partial charge >= 0.3 is 29.6 Å². The van der Waals surface area contributed by atoms with E-state index in [0.717, 1.165) is 24.1 Å². The van der Waals surface area contributed by atoms with Crippen LogP contribution < -0.4 is 39.4 Å². The summed E-state index contributed by atoms with van der Waals surface area (Å²) in [5, 5.41) is 24.4. The Hall–Kier alpha value is -2.70. The number of carboxylic acids is 1. The van der Waals surface area contributed by atoms with E-state index in [2.05, 4.69) is 21.1 Å². The molecule has 1 aromatic heterocycles. The fraction of sp³-hybridized carbons (Fsp3) is 0.360. The number of hydrogen-bond acceptors (Lipinski definition) is 8. The molecule has 9 heteroatoms. The standard InChI is InChI=1S/C25H26N4O4.Na/c1-15(2)32-22-7-5-17(12-19(22)13-26)25-27-24(28-33-25)21-6-4-18-14-29(11-9-23(30)31)10-8-20(18)16(21)3;/h4-7,12,15H,8-11,14H2,1-3H3,(H,30,31);/q;+1/p-1. The Bertz CT molecular complexity index is 1230. The van der Waals surface area contributed by atoms with Crippen molar-refractivity contribution < 1.29 is 48.7 Å². The number of carboxylic acid groups (broad SMARTS) is 1. The number of carbonyl (C=O) groups excluding carboxylic acids is 1. The molecular weight excluding hydrogens is 443 g/mol. The van der Waals surface area contributed by atoms with Gasteiger partial charge < -0.3 is 19.2 Å². The molecule has 0 bridgehead atoms. The molecule has 0 unspecified atom stereocenters. The smallest absolute Gasteiger partial charge is 0.550 e. The van der Waals surface area contributed by atoms with Gasteiger partial charge in [-0.1, -0.05) is 17.3 Å². The zero-order valence-electron chi connectivity index (χ0n) is 19.9. The molecule has 0 amide bonds. The first-order valence-corrected chi connectivity index (χ1v) is 10.9. The number of hydrogen-bond donors (Lipinski definition) is 0. The molecule has 1 aliphatic heterocycles. The van der Waals surface area contributed by atoms with Crippen LogP contribution in [-0.4, -0.2) is 40.2 Å². The monoisotopic (exact) mass is 468 g/mol. The fourth-order valence-corrected chi connectivity index (χ4v) is 4.14. The quantitative estimate of drug-likeness (QED) is 0.441. The molecule has 0 saturated carbocycles. The van der Waals surface area contributed by atoms with Crippen molar-refractivity contribution >= 4 is 5.97 Å². The van der Waals surface area contributed by atoms with Crippen molar-refractivity contribution in [1.82, 2.24) is 15.0 Å². The first-order chi connectivity index (χ1) is 15.9. The van der Waals surface area contributed by atoms with Crippen molar-refractivity contribution in [1.29, 1.82) is 5.26 Å². The van der Waals surface area contributed by atoms with Crippen LogP contribution in [0.3, 0.4) is 0 Å². The number of aliphatic carboxylic acids is 1. The molecule has 0 aliphatic carbocycles. The molecule has 1 aliphatic rings. The summed E-state index contributed by atoms with van der Waals surface area (Å²) in [4.78, 5) is 17.5. The largest absolute Gasteiger partial charge is 1.00 e. The third kappa shape index (κ3) is 5.68. The van der Waals surface area contributed by atoms with E-state index in [1.807, 2.05) is 32.9 Å². The Balaban J connectivity index is 0.00000324. The summed E-state index contributed by atoms with van der Waals surface area (Å²) < 4.78 is 11.2. The summed E-state index contributed by atoms with van der Waals surface area (Å²) >= 11 is 0. The first-order valence-electron chi connectivity index (χ1n) is 10.9. The maximum Gasteiger partial charge on any atom is 1.00 e. The van der Waals surface area contributed by atoms with E-state index < -0.39 is 5.97 Å². The van der Waals surface area contributed by atoms with Gasteiger partial charge in [0.05, 0.1) is 11.7 Å². The van der Waals surface area contributed by atoms with Crippen LogP contribution >= 0.6 is 0 Å². The van der Waals surface area contributed by atoms with Gasteiger partial charge in [0.15, 0.2) is 0 Å². The van der Waals surface area contributed by atoms with Crippen LogP contribution in [0.25, 0.3) is 22.8 Å². The summed E-state index contributed by atoms with van der Waals surface area (Å²) in [6.07, 6.45) is 0.831. The van der Waals surface area contributed by atoms with Crippen LogP contribution in [0.5, 0.6) is 5.75 Å². The summed E-state index contributed by atoms with van der Waals surface area (Å²) in [5.41, 5.74) is 5.48. The van der Waals surface area contributed by atoms with E-state index >= 15 is 0 Å². The van der Waals surface area contributed by atoms with Gasteiger partial charge in [0, 0.05) is 36.7 Å². The third-order valence-electron chi connectivity index (χ3n) is 5.78. The Kier molecular flexibility index (Phi) is 8.50. The zero-order valence-corrected chi connectivity index (χ0v) is 21.9. The molecule has 4 rings (SSSR count).